The summed E-state index contributed by atoms with van der Waals surface area (Å²) in [5.74, 6) is 0. The fourth-order valence-corrected chi connectivity index (χ4v) is 1.77. The van der Waals surface area contributed by atoms with E-state index in [4.69, 9.17) is 4.74 Å². The maximum atomic E-state index is 12.0. The van der Waals surface area contributed by atoms with Crippen molar-refractivity contribution >= 4 is 0 Å². The van der Waals surface area contributed by atoms with Gasteiger partial charge in [-0.2, -0.15) is 8.78 Å². The van der Waals surface area contributed by atoms with Crippen LogP contribution in [0.15, 0.2) is 0 Å². The third-order valence-corrected chi connectivity index (χ3v) is 2.57. The molecule has 3 nitrogen and oxygen atoms in total. The summed E-state index contributed by atoms with van der Waals surface area (Å²) in [5, 5.41) is 0. The number of rotatable bonds is 5. The Morgan fingerprint density at radius 1 is 1.40 bits per heavy atom. The molecule has 5 heteroatoms. The largest absolute Gasteiger partial charge is 0.377 e. The number of likely N-dealkylation sites (tertiary alicyclic amines) is 1. The molecule has 0 aromatic heterocycles. The number of ether oxygens (including phenoxy) is 2. The van der Waals surface area contributed by atoms with Crippen molar-refractivity contribution in [2.45, 2.75) is 45.1 Å². The van der Waals surface area contributed by atoms with Crippen LogP contribution in [0.5, 0.6) is 0 Å². The van der Waals surface area contributed by atoms with Crippen LogP contribution in [0.4, 0.5) is 8.78 Å². The van der Waals surface area contributed by atoms with Crippen molar-refractivity contribution < 1.29 is 18.3 Å². The molecule has 0 aromatic rings. The van der Waals surface area contributed by atoms with E-state index in [-0.39, 0.29) is 18.2 Å². The van der Waals surface area contributed by atoms with Gasteiger partial charge in [-0.15, -0.1) is 0 Å². The number of likely N-dealkylation sites (N-methyl/N-ethyl adjacent to an activating group) is 1. The molecule has 1 aliphatic heterocycles. The minimum atomic E-state index is -2.67. The Morgan fingerprint density at radius 3 is 2.60 bits per heavy atom. The standard InChI is InChI=1S/C10H19F2NO2/c1-7(2)14-6-8-4-9(5-13(8)3)15-10(11)12/h7-10H,4-6H2,1-3H3. The summed E-state index contributed by atoms with van der Waals surface area (Å²) in [4.78, 5) is 2.01. The molecular formula is C10H19F2NO2. The molecule has 0 amide bonds. The molecule has 1 saturated heterocycles. The van der Waals surface area contributed by atoms with Gasteiger partial charge in [0.2, 0.25) is 0 Å². The second kappa shape index (κ2) is 5.72. The van der Waals surface area contributed by atoms with Crippen LogP contribution in [0.25, 0.3) is 0 Å². The number of alkyl halides is 2. The van der Waals surface area contributed by atoms with Crippen molar-refractivity contribution in [1.29, 1.82) is 0 Å². The Morgan fingerprint density at radius 2 is 2.07 bits per heavy atom. The van der Waals surface area contributed by atoms with Crippen LogP contribution in [0.3, 0.4) is 0 Å². The molecule has 0 spiro atoms. The Kier molecular flexibility index (Phi) is 4.89. The highest BCUT2D eigenvalue weighted by atomic mass is 19.3. The summed E-state index contributed by atoms with van der Waals surface area (Å²) in [6.45, 7) is 2.38. The maximum Gasteiger partial charge on any atom is 0.345 e. The lowest BCUT2D eigenvalue weighted by atomic mass is 10.2. The second-order valence-corrected chi connectivity index (χ2v) is 4.23. The van der Waals surface area contributed by atoms with Gasteiger partial charge in [-0.1, -0.05) is 0 Å². The first-order valence-corrected chi connectivity index (χ1v) is 5.24. The predicted octanol–water partition coefficient (Wildman–Crippen LogP) is 1.72. The molecule has 2 atom stereocenters. The van der Waals surface area contributed by atoms with Gasteiger partial charge in [0.25, 0.3) is 0 Å². The molecule has 1 aliphatic rings. The molecule has 0 aromatic carbocycles. The van der Waals surface area contributed by atoms with E-state index in [2.05, 4.69) is 4.74 Å². The summed E-state index contributed by atoms with van der Waals surface area (Å²) in [6, 6.07) is 0.191. The highest BCUT2D eigenvalue weighted by Crippen LogP contribution is 2.20. The molecule has 0 bridgehead atoms. The number of hydrogen-bond donors (Lipinski definition) is 0. The zero-order valence-corrected chi connectivity index (χ0v) is 9.45. The first kappa shape index (κ1) is 12.8. The van der Waals surface area contributed by atoms with Crippen LogP contribution in [0.1, 0.15) is 20.3 Å². The van der Waals surface area contributed by atoms with E-state index in [0.29, 0.717) is 19.6 Å². The first-order chi connectivity index (χ1) is 6.99. The van der Waals surface area contributed by atoms with Gasteiger partial charge in [0.1, 0.15) is 0 Å². The van der Waals surface area contributed by atoms with Crippen molar-refractivity contribution in [1.82, 2.24) is 4.90 Å². The van der Waals surface area contributed by atoms with E-state index in [0.717, 1.165) is 0 Å². The van der Waals surface area contributed by atoms with E-state index in [9.17, 15) is 8.78 Å². The maximum absolute atomic E-state index is 12.0. The summed E-state index contributed by atoms with van der Waals surface area (Å²) in [6.07, 6.45) is 0.428. The van der Waals surface area contributed by atoms with Gasteiger partial charge >= 0.3 is 6.61 Å². The van der Waals surface area contributed by atoms with Gasteiger partial charge in [-0.3, -0.25) is 4.90 Å². The van der Waals surface area contributed by atoms with Crippen molar-refractivity contribution in [3.8, 4) is 0 Å². The highest BCUT2D eigenvalue weighted by Gasteiger charge is 2.31. The van der Waals surface area contributed by atoms with Crippen LogP contribution < -0.4 is 0 Å². The molecule has 1 fully saturated rings. The van der Waals surface area contributed by atoms with Crippen molar-refractivity contribution in [2.24, 2.45) is 0 Å². The van der Waals surface area contributed by atoms with Gasteiger partial charge < -0.3 is 9.47 Å². The van der Waals surface area contributed by atoms with Crippen molar-refractivity contribution in [2.75, 3.05) is 20.2 Å². The Bertz CT molecular complexity index is 190. The second-order valence-electron chi connectivity index (χ2n) is 4.23. The average Bonchev–Trinajstić information content (AvgIpc) is 2.41. The van der Waals surface area contributed by atoms with Crippen LogP contribution in [0, 0.1) is 0 Å². The van der Waals surface area contributed by atoms with Crippen LogP contribution >= 0.6 is 0 Å². The van der Waals surface area contributed by atoms with E-state index < -0.39 is 6.61 Å². The normalized spacial score (nSPS) is 28.2. The SMILES string of the molecule is CC(C)OCC1CC(OC(F)F)CN1C. The number of nitrogens with zero attached hydrogens (tertiary/aromatic N) is 1. The van der Waals surface area contributed by atoms with Crippen LogP contribution in [0.2, 0.25) is 0 Å². The molecule has 1 rings (SSSR count). The predicted molar refractivity (Wildman–Crippen MR) is 53.0 cm³/mol. The van der Waals surface area contributed by atoms with E-state index in [1.807, 2.05) is 25.8 Å². The first-order valence-electron chi connectivity index (χ1n) is 5.24. The highest BCUT2D eigenvalue weighted by molar-refractivity contribution is 4.83. The third kappa shape index (κ3) is 4.40. The van der Waals surface area contributed by atoms with Crippen molar-refractivity contribution in [3.05, 3.63) is 0 Å². The minimum Gasteiger partial charge on any atom is -0.377 e. The molecule has 15 heavy (non-hydrogen) atoms. The van der Waals surface area contributed by atoms with Crippen molar-refractivity contribution in [3.63, 3.8) is 0 Å². The molecule has 0 aliphatic carbocycles. The number of halogens is 2. The van der Waals surface area contributed by atoms with Crippen LogP contribution in [-0.4, -0.2) is 50.0 Å². The Labute approximate surface area is 89.3 Å². The van der Waals surface area contributed by atoms with Gasteiger partial charge in [-0.05, 0) is 27.3 Å². The fourth-order valence-electron chi connectivity index (χ4n) is 1.77. The fraction of sp³-hybridized carbons (Fsp3) is 1.00. The molecule has 2 unspecified atom stereocenters. The Hall–Kier alpha value is -0.260. The Balaban J connectivity index is 2.29. The lowest BCUT2D eigenvalue weighted by Gasteiger charge is -2.19. The summed E-state index contributed by atoms with van der Waals surface area (Å²) in [5.41, 5.74) is 0. The zero-order chi connectivity index (χ0) is 11.4. The lowest BCUT2D eigenvalue weighted by Crippen LogP contribution is -2.30. The zero-order valence-electron chi connectivity index (χ0n) is 9.45. The van der Waals surface area contributed by atoms with Gasteiger partial charge in [0.05, 0.1) is 18.8 Å². The molecular weight excluding hydrogens is 204 g/mol. The van der Waals surface area contributed by atoms with E-state index in [1.54, 1.807) is 0 Å². The van der Waals surface area contributed by atoms with E-state index >= 15 is 0 Å². The van der Waals surface area contributed by atoms with Gasteiger partial charge in [0.15, 0.2) is 0 Å². The van der Waals surface area contributed by atoms with E-state index in [1.165, 1.54) is 0 Å². The molecule has 0 radical (unpaired) electrons. The monoisotopic (exact) mass is 223 g/mol. The minimum absolute atomic E-state index is 0.175. The average molecular weight is 223 g/mol. The molecule has 0 N–H and O–H groups in total. The topological polar surface area (TPSA) is 21.7 Å². The smallest absolute Gasteiger partial charge is 0.345 e. The molecule has 1 heterocycles. The molecule has 90 valence electrons. The van der Waals surface area contributed by atoms with Gasteiger partial charge in [0, 0.05) is 12.6 Å². The quantitative estimate of drug-likeness (QED) is 0.708. The lowest BCUT2D eigenvalue weighted by molar-refractivity contribution is -0.158. The summed E-state index contributed by atoms with van der Waals surface area (Å²) >= 11 is 0. The summed E-state index contributed by atoms with van der Waals surface area (Å²) in [7, 11) is 1.91. The van der Waals surface area contributed by atoms with Crippen LogP contribution in [-0.2, 0) is 9.47 Å². The third-order valence-electron chi connectivity index (χ3n) is 2.57. The summed E-state index contributed by atoms with van der Waals surface area (Å²) < 4.78 is 33.9. The number of hydrogen-bond acceptors (Lipinski definition) is 3. The van der Waals surface area contributed by atoms with Gasteiger partial charge in [-0.25, -0.2) is 0 Å². The molecule has 0 saturated carbocycles.